The Morgan fingerprint density at radius 1 is 1.62 bits per heavy atom. The molecule has 4 nitrogen and oxygen atoms in total. The van der Waals surface area contributed by atoms with Crippen LogP contribution in [0.4, 0.5) is 0 Å². The number of fused-ring (bicyclic) bond motifs is 1. The van der Waals surface area contributed by atoms with Crippen molar-refractivity contribution < 1.29 is 13.5 Å². The average molecular weight is 261 g/mol. The monoisotopic (exact) mass is 261 g/mol. The standard InChI is InChI=1S/C10H15NO3S2/c1-8(7-12)16(13,14)11-4-2-10-9(6-11)3-5-15-10/h3,5,8,12H,2,4,6-7H2,1H3. The van der Waals surface area contributed by atoms with Gasteiger partial charge in [0.25, 0.3) is 0 Å². The van der Waals surface area contributed by atoms with Crippen LogP contribution in [-0.2, 0) is 23.0 Å². The third kappa shape index (κ3) is 2.02. The smallest absolute Gasteiger partial charge is 0.219 e. The molecule has 1 N–H and O–H groups in total. The van der Waals surface area contributed by atoms with E-state index in [2.05, 4.69) is 0 Å². The maximum Gasteiger partial charge on any atom is 0.219 e. The fourth-order valence-electron chi connectivity index (χ4n) is 1.79. The molecule has 0 aliphatic carbocycles. The van der Waals surface area contributed by atoms with Crippen molar-refractivity contribution in [3.05, 3.63) is 21.9 Å². The van der Waals surface area contributed by atoms with Gasteiger partial charge in [0.2, 0.25) is 10.0 Å². The number of aliphatic hydroxyl groups excluding tert-OH is 1. The highest BCUT2D eigenvalue weighted by molar-refractivity contribution is 7.89. The van der Waals surface area contributed by atoms with Gasteiger partial charge in [-0.3, -0.25) is 0 Å². The van der Waals surface area contributed by atoms with Crippen molar-refractivity contribution in [1.29, 1.82) is 0 Å². The quantitative estimate of drug-likeness (QED) is 0.876. The highest BCUT2D eigenvalue weighted by Gasteiger charge is 2.31. The molecule has 0 radical (unpaired) electrons. The van der Waals surface area contributed by atoms with E-state index in [0.717, 1.165) is 12.0 Å². The van der Waals surface area contributed by atoms with Gasteiger partial charge in [-0.2, -0.15) is 4.31 Å². The van der Waals surface area contributed by atoms with Crippen LogP contribution >= 0.6 is 11.3 Å². The summed E-state index contributed by atoms with van der Waals surface area (Å²) in [5, 5.41) is 10.2. The van der Waals surface area contributed by atoms with Crippen molar-refractivity contribution in [3.63, 3.8) is 0 Å². The molecule has 0 saturated carbocycles. The van der Waals surface area contributed by atoms with Gasteiger partial charge in [0.15, 0.2) is 0 Å². The van der Waals surface area contributed by atoms with Gasteiger partial charge in [-0.25, -0.2) is 8.42 Å². The summed E-state index contributed by atoms with van der Waals surface area (Å²) in [5.41, 5.74) is 1.10. The van der Waals surface area contributed by atoms with E-state index in [1.807, 2.05) is 11.4 Å². The number of thiophene rings is 1. The van der Waals surface area contributed by atoms with Crippen LogP contribution in [0.25, 0.3) is 0 Å². The fourth-order valence-corrected chi connectivity index (χ4v) is 4.04. The molecule has 0 bridgehead atoms. The lowest BCUT2D eigenvalue weighted by molar-refractivity contribution is 0.287. The summed E-state index contributed by atoms with van der Waals surface area (Å²) < 4.78 is 25.5. The predicted molar refractivity (Wildman–Crippen MR) is 63.9 cm³/mol. The third-order valence-corrected chi connectivity index (χ3v) is 6.12. The third-order valence-electron chi connectivity index (χ3n) is 2.90. The molecule has 90 valence electrons. The molecule has 6 heteroatoms. The molecule has 0 amide bonds. The van der Waals surface area contributed by atoms with Crippen molar-refractivity contribution in [2.24, 2.45) is 0 Å². The van der Waals surface area contributed by atoms with Gasteiger partial charge in [0.1, 0.15) is 0 Å². The summed E-state index contributed by atoms with van der Waals surface area (Å²) in [7, 11) is -3.34. The first kappa shape index (κ1) is 12.0. The largest absolute Gasteiger partial charge is 0.395 e. The van der Waals surface area contributed by atoms with Crippen LogP contribution < -0.4 is 0 Å². The molecule has 1 aliphatic heterocycles. The second-order valence-corrected chi connectivity index (χ2v) is 7.34. The lowest BCUT2D eigenvalue weighted by Gasteiger charge is -2.28. The van der Waals surface area contributed by atoms with Gasteiger partial charge in [-0.05, 0) is 30.4 Å². The van der Waals surface area contributed by atoms with Crippen LogP contribution in [0.1, 0.15) is 17.4 Å². The Kier molecular flexibility index (Phi) is 3.34. The molecule has 1 aromatic rings. The lowest BCUT2D eigenvalue weighted by Crippen LogP contribution is -2.41. The van der Waals surface area contributed by atoms with Crippen LogP contribution in [0.3, 0.4) is 0 Å². The molecule has 1 aliphatic rings. The fraction of sp³-hybridized carbons (Fsp3) is 0.600. The predicted octanol–water partition coefficient (Wildman–Crippen LogP) is 0.817. The van der Waals surface area contributed by atoms with Gasteiger partial charge in [0.05, 0.1) is 11.9 Å². The van der Waals surface area contributed by atoms with E-state index < -0.39 is 15.3 Å². The molecular formula is C10H15NO3S2. The van der Waals surface area contributed by atoms with Crippen molar-refractivity contribution in [2.75, 3.05) is 13.2 Å². The number of rotatable bonds is 3. The van der Waals surface area contributed by atoms with Crippen LogP contribution in [0.5, 0.6) is 0 Å². The van der Waals surface area contributed by atoms with E-state index in [-0.39, 0.29) is 6.61 Å². The van der Waals surface area contributed by atoms with Crippen LogP contribution in [0, 0.1) is 0 Å². The van der Waals surface area contributed by atoms with E-state index in [1.54, 1.807) is 18.3 Å². The first-order chi connectivity index (χ1) is 7.55. The molecule has 0 spiro atoms. The summed E-state index contributed by atoms with van der Waals surface area (Å²) in [6.45, 7) is 2.19. The SMILES string of the molecule is CC(CO)S(=O)(=O)N1CCc2sccc2C1. The second kappa shape index (κ2) is 4.44. The van der Waals surface area contributed by atoms with E-state index in [9.17, 15) is 8.42 Å². The number of hydrogen-bond donors (Lipinski definition) is 1. The molecule has 0 aromatic carbocycles. The number of hydrogen-bond acceptors (Lipinski definition) is 4. The summed E-state index contributed by atoms with van der Waals surface area (Å²) >= 11 is 1.68. The lowest BCUT2D eigenvalue weighted by atomic mass is 10.1. The Bertz CT molecular complexity index is 466. The van der Waals surface area contributed by atoms with Gasteiger partial charge in [-0.1, -0.05) is 0 Å². The number of nitrogens with zero attached hydrogens (tertiary/aromatic N) is 1. The summed E-state index contributed by atoms with van der Waals surface area (Å²) in [6, 6.07) is 1.98. The zero-order valence-corrected chi connectivity index (χ0v) is 10.7. The van der Waals surface area contributed by atoms with Crippen LogP contribution in [0.15, 0.2) is 11.4 Å². The molecule has 2 rings (SSSR count). The maximum absolute atomic E-state index is 12.0. The zero-order chi connectivity index (χ0) is 11.8. The minimum atomic E-state index is -3.34. The molecule has 1 atom stereocenters. The minimum absolute atomic E-state index is 0.324. The Hall–Kier alpha value is -0.430. The normalized spacial score (nSPS) is 19.4. The van der Waals surface area contributed by atoms with Gasteiger partial charge in [-0.15, -0.1) is 11.3 Å². The molecule has 1 aromatic heterocycles. The summed E-state index contributed by atoms with van der Waals surface area (Å²) in [4.78, 5) is 1.28. The average Bonchev–Trinajstić information content (AvgIpc) is 2.74. The zero-order valence-electron chi connectivity index (χ0n) is 9.09. The topological polar surface area (TPSA) is 57.6 Å². The molecule has 16 heavy (non-hydrogen) atoms. The molecule has 0 saturated heterocycles. The maximum atomic E-state index is 12.0. The van der Waals surface area contributed by atoms with Crippen LogP contribution in [-0.4, -0.2) is 36.2 Å². The van der Waals surface area contributed by atoms with E-state index >= 15 is 0 Å². The Balaban J connectivity index is 2.21. The minimum Gasteiger partial charge on any atom is -0.395 e. The number of sulfonamides is 1. The second-order valence-electron chi connectivity index (χ2n) is 3.99. The molecule has 1 unspecified atom stereocenters. The van der Waals surface area contributed by atoms with E-state index in [0.29, 0.717) is 13.1 Å². The Morgan fingerprint density at radius 3 is 3.06 bits per heavy atom. The number of aliphatic hydroxyl groups is 1. The van der Waals surface area contributed by atoms with E-state index in [1.165, 1.54) is 9.18 Å². The first-order valence-corrected chi connectivity index (χ1v) is 7.59. The molecule has 2 heterocycles. The van der Waals surface area contributed by atoms with Crippen molar-refractivity contribution in [3.8, 4) is 0 Å². The van der Waals surface area contributed by atoms with Gasteiger partial charge in [0, 0.05) is 18.0 Å². The summed E-state index contributed by atoms with van der Waals surface area (Å²) in [6.07, 6.45) is 0.782. The Morgan fingerprint density at radius 2 is 2.38 bits per heavy atom. The highest BCUT2D eigenvalue weighted by Crippen LogP contribution is 2.26. The highest BCUT2D eigenvalue weighted by atomic mass is 32.2. The van der Waals surface area contributed by atoms with Crippen molar-refractivity contribution in [2.45, 2.75) is 25.1 Å². The van der Waals surface area contributed by atoms with Crippen LogP contribution in [0.2, 0.25) is 0 Å². The molecule has 0 fully saturated rings. The van der Waals surface area contributed by atoms with Gasteiger partial charge >= 0.3 is 0 Å². The van der Waals surface area contributed by atoms with Crippen molar-refractivity contribution >= 4 is 21.4 Å². The summed E-state index contributed by atoms with van der Waals surface area (Å²) in [5.74, 6) is 0. The van der Waals surface area contributed by atoms with Crippen molar-refractivity contribution in [1.82, 2.24) is 4.31 Å². The first-order valence-electron chi connectivity index (χ1n) is 5.20. The van der Waals surface area contributed by atoms with E-state index in [4.69, 9.17) is 5.11 Å². The Labute approximate surface area is 99.6 Å². The molecular weight excluding hydrogens is 246 g/mol. The van der Waals surface area contributed by atoms with Gasteiger partial charge < -0.3 is 5.11 Å².